The van der Waals surface area contributed by atoms with Crippen LogP contribution in [0.5, 0.6) is 0 Å². The number of carbonyl (C=O) groups excluding carboxylic acids is 2. The van der Waals surface area contributed by atoms with Crippen molar-refractivity contribution in [1.29, 1.82) is 0 Å². The first-order valence-corrected chi connectivity index (χ1v) is 9.30. The highest BCUT2D eigenvalue weighted by atomic mass is 35.5. The molecule has 0 bridgehead atoms. The molecule has 3 aromatic rings. The van der Waals surface area contributed by atoms with Crippen molar-refractivity contribution in [3.63, 3.8) is 0 Å². The molecular weight excluding hydrogens is 376 g/mol. The third-order valence-corrected chi connectivity index (χ3v) is 4.51. The molecule has 1 aromatic heterocycles. The van der Waals surface area contributed by atoms with Crippen LogP contribution in [0.15, 0.2) is 60.8 Å². The van der Waals surface area contributed by atoms with E-state index in [0.29, 0.717) is 22.9 Å². The van der Waals surface area contributed by atoms with Crippen molar-refractivity contribution in [3.8, 4) is 0 Å². The number of anilines is 1. The number of aryl methyl sites for hydroxylation is 1. The van der Waals surface area contributed by atoms with Gasteiger partial charge in [0.15, 0.2) is 0 Å². The number of rotatable bonds is 7. The van der Waals surface area contributed by atoms with Crippen molar-refractivity contribution in [2.45, 2.75) is 19.9 Å². The number of carbonyl (C=O) groups is 2. The van der Waals surface area contributed by atoms with E-state index in [9.17, 15) is 9.59 Å². The Morgan fingerprint density at radius 3 is 2.57 bits per heavy atom. The Kier molecular flexibility index (Phi) is 6.45. The lowest BCUT2D eigenvalue weighted by Crippen LogP contribution is -2.28. The number of hydrogen-bond acceptors (Lipinski definition) is 3. The third-order valence-electron chi connectivity index (χ3n) is 4.26. The summed E-state index contributed by atoms with van der Waals surface area (Å²) in [4.78, 5) is 24.4. The van der Waals surface area contributed by atoms with Gasteiger partial charge in [0.05, 0.1) is 12.7 Å². The Labute approximate surface area is 168 Å². The Morgan fingerprint density at radius 1 is 1.07 bits per heavy atom. The molecule has 0 unspecified atom stereocenters. The molecule has 0 saturated heterocycles. The van der Waals surface area contributed by atoms with E-state index < -0.39 is 0 Å². The maximum absolute atomic E-state index is 12.2. The smallest absolute Gasteiger partial charge is 0.251 e. The van der Waals surface area contributed by atoms with Gasteiger partial charge in [-0.25, -0.2) is 4.68 Å². The lowest BCUT2D eigenvalue weighted by atomic mass is 10.1. The summed E-state index contributed by atoms with van der Waals surface area (Å²) in [5.41, 5.74) is 2.54. The van der Waals surface area contributed by atoms with E-state index in [1.807, 2.05) is 49.4 Å². The Balaban J connectivity index is 1.50. The lowest BCUT2D eigenvalue weighted by molar-refractivity contribution is -0.116. The standard InChI is InChI=1S/C21H21ClN4O2/c1-15-4-2-3-5-18(15)21(28)23-12-11-20(27)25-19-10-13-24-26(19)14-16-6-8-17(22)9-7-16/h2-10,13H,11-12,14H2,1H3,(H,23,28)(H,25,27). The molecule has 144 valence electrons. The summed E-state index contributed by atoms with van der Waals surface area (Å²) < 4.78 is 1.70. The number of aromatic nitrogens is 2. The van der Waals surface area contributed by atoms with Crippen LogP contribution in [0.2, 0.25) is 5.02 Å². The summed E-state index contributed by atoms with van der Waals surface area (Å²) in [6.45, 7) is 2.65. The van der Waals surface area contributed by atoms with Crippen molar-refractivity contribution in [3.05, 3.63) is 82.5 Å². The summed E-state index contributed by atoms with van der Waals surface area (Å²) in [5.74, 6) is 0.229. The molecule has 6 nitrogen and oxygen atoms in total. The van der Waals surface area contributed by atoms with Crippen LogP contribution in [0.1, 0.15) is 27.9 Å². The maximum atomic E-state index is 12.2. The monoisotopic (exact) mass is 396 g/mol. The molecule has 7 heteroatoms. The van der Waals surface area contributed by atoms with Crippen molar-refractivity contribution < 1.29 is 9.59 Å². The molecule has 2 N–H and O–H groups in total. The minimum absolute atomic E-state index is 0.170. The number of benzene rings is 2. The Bertz CT molecular complexity index is 967. The van der Waals surface area contributed by atoms with Crippen molar-refractivity contribution in [2.24, 2.45) is 0 Å². The molecule has 0 aliphatic heterocycles. The second-order valence-corrected chi connectivity index (χ2v) is 6.81. The molecule has 0 aliphatic rings. The molecule has 1 heterocycles. The van der Waals surface area contributed by atoms with Gasteiger partial charge in [-0.1, -0.05) is 41.9 Å². The Morgan fingerprint density at radius 2 is 1.82 bits per heavy atom. The van der Waals surface area contributed by atoms with Crippen LogP contribution in [-0.4, -0.2) is 28.1 Å². The quantitative estimate of drug-likeness (QED) is 0.640. The molecule has 0 aliphatic carbocycles. The van der Waals surface area contributed by atoms with Gasteiger partial charge in [0, 0.05) is 29.6 Å². The first kappa shape index (κ1) is 19.6. The zero-order valence-corrected chi connectivity index (χ0v) is 16.2. The topological polar surface area (TPSA) is 76.0 Å². The maximum Gasteiger partial charge on any atom is 0.251 e. The molecule has 2 amide bonds. The van der Waals surface area contributed by atoms with Gasteiger partial charge in [0.25, 0.3) is 5.91 Å². The SMILES string of the molecule is Cc1ccccc1C(=O)NCCC(=O)Nc1ccnn1Cc1ccc(Cl)cc1. The van der Waals surface area contributed by atoms with E-state index >= 15 is 0 Å². The van der Waals surface area contributed by atoms with Crippen LogP contribution in [0.4, 0.5) is 5.82 Å². The normalized spacial score (nSPS) is 10.5. The van der Waals surface area contributed by atoms with Crippen LogP contribution >= 0.6 is 11.6 Å². The van der Waals surface area contributed by atoms with Crippen LogP contribution < -0.4 is 10.6 Å². The predicted octanol–water partition coefficient (Wildman–Crippen LogP) is 3.65. The number of nitrogens with one attached hydrogen (secondary N) is 2. The van der Waals surface area contributed by atoms with Gasteiger partial charge in [-0.05, 0) is 36.2 Å². The predicted molar refractivity (Wildman–Crippen MR) is 110 cm³/mol. The molecule has 0 atom stereocenters. The largest absolute Gasteiger partial charge is 0.352 e. The van der Waals surface area contributed by atoms with Gasteiger partial charge in [0.1, 0.15) is 5.82 Å². The van der Waals surface area contributed by atoms with E-state index in [4.69, 9.17) is 11.6 Å². The van der Waals surface area contributed by atoms with E-state index in [1.54, 1.807) is 23.0 Å². The van der Waals surface area contributed by atoms with E-state index in [-0.39, 0.29) is 24.8 Å². The van der Waals surface area contributed by atoms with Gasteiger partial charge in [-0.15, -0.1) is 0 Å². The minimum atomic E-state index is -0.192. The van der Waals surface area contributed by atoms with Crippen LogP contribution in [-0.2, 0) is 11.3 Å². The first-order chi connectivity index (χ1) is 13.5. The lowest BCUT2D eigenvalue weighted by Gasteiger charge is -2.10. The van der Waals surface area contributed by atoms with Crippen molar-refractivity contribution >= 4 is 29.2 Å². The molecule has 3 rings (SSSR count). The summed E-state index contributed by atoms with van der Waals surface area (Å²) in [6.07, 6.45) is 1.80. The summed E-state index contributed by atoms with van der Waals surface area (Å²) in [6, 6.07) is 16.5. The molecule has 28 heavy (non-hydrogen) atoms. The van der Waals surface area contributed by atoms with Gasteiger partial charge < -0.3 is 10.6 Å². The summed E-state index contributed by atoms with van der Waals surface area (Å²) in [7, 11) is 0. The first-order valence-electron chi connectivity index (χ1n) is 8.93. The zero-order valence-electron chi connectivity index (χ0n) is 15.5. The second-order valence-electron chi connectivity index (χ2n) is 6.37. The number of amides is 2. The number of nitrogens with zero attached hydrogens (tertiary/aromatic N) is 2. The molecule has 2 aromatic carbocycles. The highest BCUT2D eigenvalue weighted by Crippen LogP contribution is 2.14. The van der Waals surface area contributed by atoms with Gasteiger partial charge >= 0.3 is 0 Å². The van der Waals surface area contributed by atoms with Crippen LogP contribution in [0.3, 0.4) is 0 Å². The number of hydrogen-bond donors (Lipinski definition) is 2. The van der Waals surface area contributed by atoms with Crippen LogP contribution in [0.25, 0.3) is 0 Å². The average Bonchev–Trinajstić information content (AvgIpc) is 3.10. The van der Waals surface area contributed by atoms with E-state index in [0.717, 1.165) is 11.1 Å². The third kappa shape index (κ3) is 5.20. The number of halogens is 1. The molecule has 0 saturated carbocycles. The molecular formula is C21H21ClN4O2. The van der Waals surface area contributed by atoms with Gasteiger partial charge in [-0.3, -0.25) is 9.59 Å². The van der Waals surface area contributed by atoms with Crippen LogP contribution in [0, 0.1) is 6.92 Å². The summed E-state index contributed by atoms with van der Waals surface area (Å²) in [5, 5.41) is 10.5. The second kappa shape index (κ2) is 9.19. The average molecular weight is 397 g/mol. The fraction of sp³-hybridized carbons (Fsp3) is 0.190. The fourth-order valence-corrected chi connectivity index (χ4v) is 2.87. The molecule has 0 radical (unpaired) electrons. The van der Waals surface area contributed by atoms with E-state index in [2.05, 4.69) is 15.7 Å². The van der Waals surface area contributed by atoms with Gasteiger partial charge in [-0.2, -0.15) is 5.10 Å². The molecule has 0 fully saturated rings. The zero-order chi connectivity index (χ0) is 19.9. The van der Waals surface area contributed by atoms with Crippen molar-refractivity contribution in [1.82, 2.24) is 15.1 Å². The highest BCUT2D eigenvalue weighted by Gasteiger charge is 2.10. The highest BCUT2D eigenvalue weighted by molar-refractivity contribution is 6.30. The molecule has 0 spiro atoms. The van der Waals surface area contributed by atoms with Crippen molar-refractivity contribution in [2.75, 3.05) is 11.9 Å². The Hall–Kier alpha value is -3.12. The minimum Gasteiger partial charge on any atom is -0.352 e. The fourth-order valence-electron chi connectivity index (χ4n) is 2.75. The van der Waals surface area contributed by atoms with E-state index in [1.165, 1.54) is 0 Å². The summed E-state index contributed by atoms with van der Waals surface area (Å²) >= 11 is 5.90. The van der Waals surface area contributed by atoms with Gasteiger partial charge in [0.2, 0.25) is 5.91 Å².